The number of benzene rings is 2. The van der Waals surface area contributed by atoms with E-state index >= 15 is 0 Å². The summed E-state index contributed by atoms with van der Waals surface area (Å²) in [5.74, 6) is 1.36. The molecule has 4 rings (SSSR count). The first-order valence-electron chi connectivity index (χ1n) is 7.88. The summed E-state index contributed by atoms with van der Waals surface area (Å²) in [5, 5.41) is 10.0. The minimum atomic E-state index is 0.415. The van der Waals surface area contributed by atoms with E-state index in [0.29, 0.717) is 11.8 Å². The predicted molar refractivity (Wildman–Crippen MR) is 86.4 cm³/mol. The first-order valence-corrected chi connectivity index (χ1v) is 7.88. The van der Waals surface area contributed by atoms with Crippen molar-refractivity contribution in [3.05, 3.63) is 58.1 Å². The molecule has 114 valence electrons. The number of nitrogens with zero attached hydrogens (tertiary/aromatic N) is 1. The molecule has 0 saturated heterocycles. The molecule has 2 aromatic carbocycles. The van der Waals surface area contributed by atoms with Gasteiger partial charge in [-0.3, -0.25) is 4.90 Å². The molecule has 0 spiro atoms. The highest BCUT2D eigenvalue weighted by Crippen LogP contribution is 2.40. The Bertz CT molecular complexity index is 738. The van der Waals surface area contributed by atoms with Crippen LogP contribution < -0.4 is 4.74 Å². The molecule has 1 unspecified atom stereocenters. The summed E-state index contributed by atoms with van der Waals surface area (Å²) in [7, 11) is 1.72. The van der Waals surface area contributed by atoms with E-state index in [0.717, 1.165) is 37.2 Å². The second kappa shape index (κ2) is 5.03. The summed E-state index contributed by atoms with van der Waals surface area (Å²) < 4.78 is 5.35. The lowest BCUT2D eigenvalue weighted by Crippen LogP contribution is -2.39. The smallest absolute Gasteiger partial charge is 0.119 e. The second-order valence-electron chi connectivity index (χ2n) is 6.41. The summed E-state index contributed by atoms with van der Waals surface area (Å²) >= 11 is 0. The maximum atomic E-state index is 10.0. The maximum Gasteiger partial charge on any atom is 0.119 e. The molecule has 0 fully saturated rings. The van der Waals surface area contributed by atoms with Gasteiger partial charge in [0.25, 0.3) is 0 Å². The highest BCUT2D eigenvalue weighted by atomic mass is 16.5. The zero-order valence-electron chi connectivity index (χ0n) is 13.1. The van der Waals surface area contributed by atoms with Gasteiger partial charge in [-0.2, -0.15) is 0 Å². The van der Waals surface area contributed by atoms with Crippen molar-refractivity contribution in [2.24, 2.45) is 0 Å². The highest BCUT2D eigenvalue weighted by Gasteiger charge is 2.32. The van der Waals surface area contributed by atoms with E-state index in [9.17, 15) is 5.11 Å². The third-order valence-electron chi connectivity index (χ3n) is 5.12. The minimum absolute atomic E-state index is 0.415. The van der Waals surface area contributed by atoms with Crippen molar-refractivity contribution in [2.75, 3.05) is 13.7 Å². The molecule has 0 aromatic heterocycles. The first kappa shape index (κ1) is 13.6. The number of phenolic OH excluding ortho intramolecular Hbond substituents is 1. The third kappa shape index (κ3) is 2.08. The lowest BCUT2D eigenvalue weighted by molar-refractivity contribution is 0.160. The van der Waals surface area contributed by atoms with E-state index in [1.54, 1.807) is 7.11 Å². The molecule has 0 amide bonds. The van der Waals surface area contributed by atoms with Crippen LogP contribution in [-0.2, 0) is 19.4 Å². The summed E-state index contributed by atoms with van der Waals surface area (Å²) in [6.45, 7) is 4.04. The zero-order valence-corrected chi connectivity index (χ0v) is 13.1. The van der Waals surface area contributed by atoms with Crippen LogP contribution >= 0.6 is 0 Å². The van der Waals surface area contributed by atoms with Crippen LogP contribution in [0, 0.1) is 6.92 Å². The average Bonchev–Trinajstić information content (AvgIpc) is 2.53. The SMILES string of the molecule is COc1ccc2c(c1)CCN1Cc3cc(C)c(O)cc3CC21. The minimum Gasteiger partial charge on any atom is -0.508 e. The lowest BCUT2D eigenvalue weighted by Gasteiger charge is -2.41. The van der Waals surface area contributed by atoms with Crippen molar-refractivity contribution >= 4 is 0 Å². The van der Waals surface area contributed by atoms with Gasteiger partial charge in [0.1, 0.15) is 11.5 Å². The number of fused-ring (bicyclic) bond motifs is 4. The van der Waals surface area contributed by atoms with Crippen LogP contribution in [0.25, 0.3) is 0 Å². The number of aromatic hydroxyl groups is 1. The van der Waals surface area contributed by atoms with Gasteiger partial charge in [0, 0.05) is 19.1 Å². The molecular formula is C19H21NO2. The Morgan fingerprint density at radius 3 is 2.82 bits per heavy atom. The fourth-order valence-corrected chi connectivity index (χ4v) is 3.86. The number of aryl methyl sites for hydroxylation is 1. The van der Waals surface area contributed by atoms with E-state index in [2.05, 4.69) is 29.2 Å². The van der Waals surface area contributed by atoms with Crippen molar-refractivity contribution in [3.63, 3.8) is 0 Å². The van der Waals surface area contributed by atoms with Crippen LogP contribution in [0.4, 0.5) is 0 Å². The number of methoxy groups -OCH3 is 1. The molecule has 2 aliphatic heterocycles. The van der Waals surface area contributed by atoms with E-state index in [1.807, 2.05) is 13.0 Å². The van der Waals surface area contributed by atoms with Gasteiger partial charge in [-0.25, -0.2) is 0 Å². The zero-order chi connectivity index (χ0) is 15.3. The molecule has 0 saturated carbocycles. The van der Waals surface area contributed by atoms with Crippen LogP contribution in [0.1, 0.15) is 33.9 Å². The van der Waals surface area contributed by atoms with E-state index in [4.69, 9.17) is 4.74 Å². The van der Waals surface area contributed by atoms with E-state index < -0.39 is 0 Å². The Labute approximate surface area is 131 Å². The van der Waals surface area contributed by atoms with Crippen molar-refractivity contribution < 1.29 is 9.84 Å². The normalized spacial score (nSPS) is 20.0. The van der Waals surface area contributed by atoms with Crippen molar-refractivity contribution in [2.45, 2.75) is 32.4 Å². The van der Waals surface area contributed by atoms with Gasteiger partial charge in [0.15, 0.2) is 0 Å². The predicted octanol–water partition coefficient (Wildman–Crippen LogP) is 3.36. The Morgan fingerprint density at radius 1 is 1.14 bits per heavy atom. The highest BCUT2D eigenvalue weighted by molar-refractivity contribution is 5.46. The molecule has 1 atom stereocenters. The summed E-state index contributed by atoms with van der Waals surface area (Å²) in [4.78, 5) is 2.56. The second-order valence-corrected chi connectivity index (χ2v) is 6.41. The third-order valence-corrected chi connectivity index (χ3v) is 5.12. The van der Waals surface area contributed by atoms with Crippen LogP contribution in [0.15, 0.2) is 30.3 Å². The van der Waals surface area contributed by atoms with Crippen molar-refractivity contribution in [3.8, 4) is 11.5 Å². The summed E-state index contributed by atoms with van der Waals surface area (Å²) in [5.41, 5.74) is 6.44. The molecule has 2 aliphatic rings. The van der Waals surface area contributed by atoms with E-state index in [-0.39, 0.29) is 0 Å². The van der Waals surface area contributed by atoms with Crippen molar-refractivity contribution in [1.82, 2.24) is 4.90 Å². The van der Waals surface area contributed by atoms with Gasteiger partial charge in [0.05, 0.1) is 7.11 Å². The molecule has 2 aromatic rings. The first-order chi connectivity index (χ1) is 10.7. The van der Waals surface area contributed by atoms with Crippen LogP contribution in [-0.4, -0.2) is 23.7 Å². The topological polar surface area (TPSA) is 32.7 Å². The number of phenols is 1. The summed E-state index contributed by atoms with van der Waals surface area (Å²) in [6.07, 6.45) is 2.05. The largest absolute Gasteiger partial charge is 0.508 e. The van der Waals surface area contributed by atoms with Gasteiger partial charge in [-0.15, -0.1) is 0 Å². The molecule has 2 heterocycles. The molecule has 0 bridgehead atoms. The fourth-order valence-electron chi connectivity index (χ4n) is 3.86. The molecule has 0 aliphatic carbocycles. The average molecular weight is 295 g/mol. The molecule has 3 heteroatoms. The monoisotopic (exact) mass is 295 g/mol. The van der Waals surface area contributed by atoms with Gasteiger partial charge in [0.2, 0.25) is 0 Å². The van der Waals surface area contributed by atoms with E-state index in [1.165, 1.54) is 22.3 Å². The van der Waals surface area contributed by atoms with Gasteiger partial charge < -0.3 is 9.84 Å². The molecule has 22 heavy (non-hydrogen) atoms. The van der Waals surface area contributed by atoms with Crippen LogP contribution in [0.2, 0.25) is 0 Å². The number of hydrogen-bond acceptors (Lipinski definition) is 3. The molecule has 3 nitrogen and oxygen atoms in total. The Hall–Kier alpha value is -2.00. The Morgan fingerprint density at radius 2 is 2.00 bits per heavy atom. The standard InChI is InChI=1S/C19H21NO2/c1-12-7-15-11-20-6-5-13-8-16(22-2)3-4-17(13)18(20)9-14(15)10-19(12)21/h3-4,7-8,10,18,21H,5-6,9,11H2,1-2H3. The van der Waals surface area contributed by atoms with Crippen molar-refractivity contribution in [1.29, 1.82) is 0 Å². The fraction of sp³-hybridized carbons (Fsp3) is 0.368. The molecular weight excluding hydrogens is 274 g/mol. The number of ether oxygens (including phenoxy) is 1. The molecule has 0 radical (unpaired) electrons. The van der Waals surface area contributed by atoms with Gasteiger partial charge >= 0.3 is 0 Å². The lowest BCUT2D eigenvalue weighted by atomic mass is 9.83. The number of hydrogen-bond donors (Lipinski definition) is 1. The Balaban J connectivity index is 1.74. The Kier molecular flexibility index (Phi) is 3.12. The van der Waals surface area contributed by atoms with Crippen LogP contribution in [0.5, 0.6) is 11.5 Å². The maximum absolute atomic E-state index is 10.0. The summed E-state index contributed by atoms with van der Waals surface area (Å²) in [6, 6.07) is 11.0. The van der Waals surface area contributed by atoms with Crippen LogP contribution in [0.3, 0.4) is 0 Å². The van der Waals surface area contributed by atoms with Gasteiger partial charge in [-0.05, 0) is 65.8 Å². The number of rotatable bonds is 1. The van der Waals surface area contributed by atoms with Gasteiger partial charge in [-0.1, -0.05) is 12.1 Å². The molecule has 1 N–H and O–H groups in total. The quantitative estimate of drug-likeness (QED) is 0.875.